The molecular formula is C13H24O2S. The van der Waals surface area contributed by atoms with Crippen LogP contribution in [0.5, 0.6) is 0 Å². The van der Waals surface area contributed by atoms with Crippen LogP contribution in [0.25, 0.3) is 0 Å². The molecule has 94 valence electrons. The van der Waals surface area contributed by atoms with E-state index in [-0.39, 0.29) is 0 Å². The molecular weight excluding hydrogens is 220 g/mol. The minimum Gasteiger partial charge on any atom is -0.501 e. The lowest BCUT2D eigenvalue weighted by Crippen LogP contribution is -2.10. The van der Waals surface area contributed by atoms with E-state index in [4.69, 9.17) is 4.74 Å². The minimum atomic E-state index is -0.555. The monoisotopic (exact) mass is 244 g/mol. The maximum atomic E-state index is 11.5. The summed E-state index contributed by atoms with van der Waals surface area (Å²) in [4.78, 5) is 0. The molecule has 0 amide bonds. The van der Waals surface area contributed by atoms with Crippen molar-refractivity contribution in [1.82, 2.24) is 0 Å². The van der Waals surface area contributed by atoms with E-state index in [1.54, 1.807) is 0 Å². The van der Waals surface area contributed by atoms with E-state index in [2.05, 4.69) is 0 Å². The summed E-state index contributed by atoms with van der Waals surface area (Å²) in [6.45, 7) is 4.87. The van der Waals surface area contributed by atoms with Crippen LogP contribution in [0.15, 0.2) is 11.8 Å². The molecule has 1 aliphatic rings. The molecule has 1 rings (SSSR count). The number of ether oxygens (including phenoxy) is 1. The summed E-state index contributed by atoms with van der Waals surface area (Å²) in [5.74, 6) is 2.51. The van der Waals surface area contributed by atoms with Crippen molar-refractivity contribution >= 4 is 10.8 Å². The van der Waals surface area contributed by atoms with Crippen LogP contribution < -0.4 is 0 Å². The zero-order chi connectivity index (χ0) is 11.8. The topological polar surface area (TPSA) is 26.3 Å². The Labute approximate surface area is 102 Å². The summed E-state index contributed by atoms with van der Waals surface area (Å²) in [6, 6.07) is 0. The second-order valence-corrected chi connectivity index (χ2v) is 6.50. The lowest BCUT2D eigenvalue weighted by Gasteiger charge is -2.12. The summed E-state index contributed by atoms with van der Waals surface area (Å²) < 4.78 is 16.9. The molecule has 2 nitrogen and oxygen atoms in total. The molecule has 1 aliphatic heterocycles. The van der Waals surface area contributed by atoms with Crippen LogP contribution >= 0.6 is 0 Å². The van der Waals surface area contributed by atoms with Gasteiger partial charge in [0.25, 0.3) is 0 Å². The number of hydrogen-bond acceptors (Lipinski definition) is 2. The van der Waals surface area contributed by atoms with Crippen molar-refractivity contribution in [1.29, 1.82) is 0 Å². The largest absolute Gasteiger partial charge is 0.501 e. The number of allylic oxidation sites excluding steroid dienone is 1. The van der Waals surface area contributed by atoms with E-state index in [0.29, 0.717) is 5.92 Å². The van der Waals surface area contributed by atoms with Crippen LogP contribution in [0.3, 0.4) is 0 Å². The first kappa shape index (κ1) is 13.8. The van der Waals surface area contributed by atoms with Gasteiger partial charge in [-0.2, -0.15) is 0 Å². The average Bonchev–Trinajstić information content (AvgIpc) is 2.42. The first-order valence-electron chi connectivity index (χ1n) is 6.28. The molecule has 2 unspecified atom stereocenters. The quantitative estimate of drug-likeness (QED) is 0.548. The maximum Gasteiger partial charge on any atom is 0.0873 e. The average molecular weight is 244 g/mol. The highest BCUT2D eigenvalue weighted by molar-refractivity contribution is 7.84. The normalized spacial score (nSPS) is 25.9. The summed E-state index contributed by atoms with van der Waals surface area (Å²) in [7, 11) is -0.555. The Morgan fingerprint density at radius 1 is 1.44 bits per heavy atom. The van der Waals surface area contributed by atoms with Crippen LogP contribution in [0.4, 0.5) is 0 Å². The lowest BCUT2D eigenvalue weighted by molar-refractivity contribution is 0.231. The molecule has 0 aliphatic carbocycles. The first-order valence-corrected chi connectivity index (χ1v) is 7.77. The summed E-state index contributed by atoms with van der Waals surface area (Å²) in [5, 5.41) is 0. The molecule has 0 aromatic heterocycles. The Bertz CT molecular complexity index is 244. The number of rotatable bonds is 5. The first-order chi connectivity index (χ1) is 7.68. The van der Waals surface area contributed by atoms with Gasteiger partial charge >= 0.3 is 0 Å². The maximum absolute atomic E-state index is 11.5. The predicted octanol–water partition coefficient (Wildman–Crippen LogP) is 3.26. The van der Waals surface area contributed by atoms with Crippen molar-refractivity contribution in [3.63, 3.8) is 0 Å². The van der Waals surface area contributed by atoms with Crippen molar-refractivity contribution < 1.29 is 8.95 Å². The lowest BCUT2D eigenvalue weighted by atomic mass is 9.99. The molecule has 1 saturated heterocycles. The Hall–Kier alpha value is -0.310. The fourth-order valence-corrected chi connectivity index (χ4v) is 3.59. The summed E-state index contributed by atoms with van der Waals surface area (Å²) in [5.41, 5.74) is 1.20. The molecule has 0 bridgehead atoms. The molecule has 1 heterocycles. The van der Waals surface area contributed by atoms with Crippen molar-refractivity contribution in [3.8, 4) is 0 Å². The van der Waals surface area contributed by atoms with Gasteiger partial charge in [-0.3, -0.25) is 4.21 Å². The van der Waals surface area contributed by atoms with E-state index in [0.717, 1.165) is 31.0 Å². The smallest absolute Gasteiger partial charge is 0.0873 e. The van der Waals surface area contributed by atoms with Crippen LogP contribution in [0.1, 0.15) is 46.0 Å². The van der Waals surface area contributed by atoms with Crippen LogP contribution in [0, 0.1) is 5.92 Å². The Morgan fingerprint density at radius 3 is 3.00 bits per heavy atom. The Balaban J connectivity index is 2.11. The van der Waals surface area contributed by atoms with Gasteiger partial charge in [0.15, 0.2) is 0 Å². The highest BCUT2D eigenvalue weighted by Crippen LogP contribution is 2.20. The van der Waals surface area contributed by atoms with E-state index < -0.39 is 10.8 Å². The standard InChI is InChI=1S/C13H24O2S/c1-12(2)10-15-8-5-7-13-6-3-4-9-16(14)11-13/h10,13H,3-9,11H2,1-2H3. The fraction of sp³-hybridized carbons (Fsp3) is 0.846. The van der Waals surface area contributed by atoms with Crippen LogP contribution in [-0.2, 0) is 15.5 Å². The summed E-state index contributed by atoms with van der Waals surface area (Å²) >= 11 is 0. The van der Waals surface area contributed by atoms with Gasteiger partial charge in [0.05, 0.1) is 12.9 Å². The zero-order valence-corrected chi connectivity index (χ0v) is 11.4. The Morgan fingerprint density at radius 2 is 2.25 bits per heavy atom. The van der Waals surface area contributed by atoms with Crippen LogP contribution in [-0.4, -0.2) is 22.3 Å². The van der Waals surface area contributed by atoms with Crippen molar-refractivity contribution in [2.75, 3.05) is 18.1 Å². The molecule has 2 atom stereocenters. The predicted molar refractivity (Wildman–Crippen MR) is 69.8 cm³/mol. The van der Waals surface area contributed by atoms with Gasteiger partial charge in [0, 0.05) is 22.3 Å². The fourth-order valence-electron chi connectivity index (χ4n) is 2.03. The second kappa shape index (κ2) is 7.88. The van der Waals surface area contributed by atoms with Gasteiger partial charge in [0.1, 0.15) is 0 Å². The third-order valence-corrected chi connectivity index (χ3v) is 4.44. The van der Waals surface area contributed by atoms with Gasteiger partial charge in [-0.05, 0) is 51.0 Å². The molecule has 3 heteroatoms. The molecule has 0 N–H and O–H groups in total. The van der Waals surface area contributed by atoms with Gasteiger partial charge in [0.2, 0.25) is 0 Å². The SMILES string of the molecule is CC(C)=COCCCC1CCCCS(=O)C1. The molecule has 0 radical (unpaired) electrons. The number of hydrogen-bond donors (Lipinski definition) is 0. The molecule has 0 aromatic rings. The van der Waals surface area contributed by atoms with E-state index in [1.807, 2.05) is 20.1 Å². The van der Waals surface area contributed by atoms with Gasteiger partial charge < -0.3 is 4.74 Å². The molecule has 0 aromatic carbocycles. The Kier molecular flexibility index (Phi) is 6.78. The van der Waals surface area contributed by atoms with Crippen LogP contribution in [0.2, 0.25) is 0 Å². The van der Waals surface area contributed by atoms with E-state index >= 15 is 0 Å². The molecule has 16 heavy (non-hydrogen) atoms. The van der Waals surface area contributed by atoms with Gasteiger partial charge in [-0.1, -0.05) is 6.42 Å². The van der Waals surface area contributed by atoms with E-state index in [1.165, 1.54) is 24.8 Å². The third-order valence-electron chi connectivity index (χ3n) is 2.85. The highest BCUT2D eigenvalue weighted by Gasteiger charge is 2.16. The van der Waals surface area contributed by atoms with E-state index in [9.17, 15) is 4.21 Å². The second-order valence-electron chi connectivity index (χ2n) is 4.88. The molecule has 0 spiro atoms. The third kappa shape index (κ3) is 6.31. The van der Waals surface area contributed by atoms with Crippen molar-refractivity contribution in [3.05, 3.63) is 11.8 Å². The molecule has 1 fully saturated rings. The zero-order valence-electron chi connectivity index (χ0n) is 10.5. The minimum absolute atomic E-state index is 0.555. The van der Waals surface area contributed by atoms with Crippen molar-refractivity contribution in [2.45, 2.75) is 46.0 Å². The summed E-state index contributed by atoms with van der Waals surface area (Å²) in [6.07, 6.45) is 7.75. The van der Waals surface area contributed by atoms with Crippen molar-refractivity contribution in [2.24, 2.45) is 5.92 Å². The van der Waals surface area contributed by atoms with Gasteiger partial charge in [-0.15, -0.1) is 0 Å². The van der Waals surface area contributed by atoms with Gasteiger partial charge in [-0.25, -0.2) is 0 Å². The molecule has 0 saturated carbocycles. The highest BCUT2D eigenvalue weighted by atomic mass is 32.2.